The van der Waals surface area contributed by atoms with E-state index in [-0.39, 0.29) is 0 Å². The summed E-state index contributed by atoms with van der Waals surface area (Å²) >= 11 is 0. The first-order valence-electron chi connectivity index (χ1n) is 8.66. The number of piperidine rings is 1. The molecule has 2 heteroatoms. The second-order valence-corrected chi connectivity index (χ2v) is 6.90. The lowest BCUT2D eigenvalue weighted by Gasteiger charge is -2.33. The standard InChI is InChI=1S/C19H32N2/c1-16(2)21(15-18-8-7-12-20-14-18)13-11-17(3)19-9-5-4-6-10-19/h4-6,9-10,16-18,20H,7-8,11-15H2,1-3H3. The van der Waals surface area contributed by atoms with Crippen LogP contribution in [0.25, 0.3) is 0 Å². The Bertz CT molecular complexity index is 382. The predicted octanol–water partition coefficient (Wildman–Crippen LogP) is 3.89. The maximum Gasteiger partial charge on any atom is 0.00387 e. The van der Waals surface area contributed by atoms with Gasteiger partial charge in [0.25, 0.3) is 0 Å². The van der Waals surface area contributed by atoms with Crippen molar-refractivity contribution in [2.75, 3.05) is 26.2 Å². The Balaban J connectivity index is 1.82. The molecule has 1 saturated heterocycles. The number of hydrogen-bond acceptors (Lipinski definition) is 2. The molecule has 1 N–H and O–H groups in total. The molecule has 1 fully saturated rings. The summed E-state index contributed by atoms with van der Waals surface area (Å²) in [7, 11) is 0. The zero-order valence-corrected chi connectivity index (χ0v) is 14.0. The van der Waals surface area contributed by atoms with Crippen LogP contribution in [0.5, 0.6) is 0 Å². The van der Waals surface area contributed by atoms with Crippen molar-refractivity contribution in [2.45, 2.75) is 52.0 Å². The topological polar surface area (TPSA) is 15.3 Å². The molecule has 1 heterocycles. The molecule has 118 valence electrons. The highest BCUT2D eigenvalue weighted by molar-refractivity contribution is 5.18. The van der Waals surface area contributed by atoms with Crippen LogP contribution >= 0.6 is 0 Å². The summed E-state index contributed by atoms with van der Waals surface area (Å²) in [4.78, 5) is 2.68. The fourth-order valence-electron chi connectivity index (χ4n) is 3.28. The van der Waals surface area contributed by atoms with Crippen LogP contribution in [0.4, 0.5) is 0 Å². The maximum absolute atomic E-state index is 3.54. The molecular weight excluding hydrogens is 256 g/mol. The number of benzene rings is 1. The highest BCUT2D eigenvalue weighted by Crippen LogP contribution is 2.20. The number of hydrogen-bond donors (Lipinski definition) is 1. The molecule has 21 heavy (non-hydrogen) atoms. The van der Waals surface area contributed by atoms with Crippen molar-refractivity contribution in [2.24, 2.45) is 5.92 Å². The lowest BCUT2D eigenvalue weighted by molar-refractivity contribution is 0.167. The molecule has 0 amide bonds. The Morgan fingerprint density at radius 1 is 1.19 bits per heavy atom. The molecule has 2 atom stereocenters. The van der Waals surface area contributed by atoms with E-state index in [1.807, 2.05) is 0 Å². The third-order valence-corrected chi connectivity index (χ3v) is 4.84. The van der Waals surface area contributed by atoms with Crippen molar-refractivity contribution in [3.63, 3.8) is 0 Å². The first-order valence-corrected chi connectivity index (χ1v) is 8.66. The van der Waals surface area contributed by atoms with E-state index in [4.69, 9.17) is 0 Å². The summed E-state index contributed by atoms with van der Waals surface area (Å²) in [6.07, 6.45) is 3.99. The van der Waals surface area contributed by atoms with Gasteiger partial charge in [-0.25, -0.2) is 0 Å². The van der Waals surface area contributed by atoms with Crippen LogP contribution in [0.3, 0.4) is 0 Å². The molecule has 0 aliphatic carbocycles. The van der Waals surface area contributed by atoms with Gasteiger partial charge in [0.05, 0.1) is 0 Å². The molecule has 1 aliphatic heterocycles. The van der Waals surface area contributed by atoms with Crippen molar-refractivity contribution >= 4 is 0 Å². The third kappa shape index (κ3) is 5.44. The molecular formula is C19H32N2. The second-order valence-electron chi connectivity index (χ2n) is 6.90. The van der Waals surface area contributed by atoms with E-state index in [1.54, 1.807) is 0 Å². The second kappa shape index (κ2) is 8.55. The van der Waals surface area contributed by atoms with E-state index < -0.39 is 0 Å². The van der Waals surface area contributed by atoms with Crippen LogP contribution < -0.4 is 5.32 Å². The van der Waals surface area contributed by atoms with Gasteiger partial charge in [-0.05, 0) is 70.1 Å². The highest BCUT2D eigenvalue weighted by Gasteiger charge is 2.19. The van der Waals surface area contributed by atoms with Gasteiger partial charge in [0.15, 0.2) is 0 Å². The first kappa shape index (κ1) is 16.5. The van der Waals surface area contributed by atoms with E-state index in [1.165, 1.54) is 51.0 Å². The summed E-state index contributed by atoms with van der Waals surface area (Å²) in [6.45, 7) is 11.9. The SMILES string of the molecule is CC(CCN(CC1CCCNC1)C(C)C)c1ccccc1. The molecule has 2 rings (SSSR count). The average molecular weight is 288 g/mol. The zero-order chi connectivity index (χ0) is 15.1. The minimum atomic E-state index is 0.648. The highest BCUT2D eigenvalue weighted by atomic mass is 15.1. The minimum Gasteiger partial charge on any atom is -0.316 e. The monoisotopic (exact) mass is 288 g/mol. The third-order valence-electron chi connectivity index (χ3n) is 4.84. The molecule has 0 spiro atoms. The van der Waals surface area contributed by atoms with Crippen LogP contribution in [0, 0.1) is 5.92 Å². The average Bonchev–Trinajstić information content (AvgIpc) is 2.52. The Labute approximate surface area is 130 Å². The van der Waals surface area contributed by atoms with Gasteiger partial charge in [-0.1, -0.05) is 37.3 Å². The number of nitrogens with one attached hydrogen (secondary N) is 1. The summed E-state index contributed by atoms with van der Waals surface area (Å²) in [6, 6.07) is 11.6. The Hall–Kier alpha value is -0.860. The van der Waals surface area contributed by atoms with Gasteiger partial charge in [-0.15, -0.1) is 0 Å². The summed E-state index contributed by atoms with van der Waals surface area (Å²) in [5.74, 6) is 1.49. The maximum atomic E-state index is 3.54. The van der Waals surface area contributed by atoms with Gasteiger partial charge < -0.3 is 10.2 Å². The summed E-state index contributed by atoms with van der Waals surface area (Å²) in [5, 5.41) is 3.54. The van der Waals surface area contributed by atoms with Crippen LogP contribution in [-0.2, 0) is 0 Å². The molecule has 2 unspecified atom stereocenters. The van der Waals surface area contributed by atoms with Gasteiger partial charge in [0, 0.05) is 12.6 Å². The zero-order valence-electron chi connectivity index (χ0n) is 14.0. The fourth-order valence-corrected chi connectivity index (χ4v) is 3.28. The smallest absolute Gasteiger partial charge is 0.00387 e. The van der Waals surface area contributed by atoms with Crippen LogP contribution in [0.2, 0.25) is 0 Å². The van der Waals surface area contributed by atoms with Gasteiger partial charge in [-0.2, -0.15) is 0 Å². The van der Waals surface area contributed by atoms with Gasteiger partial charge in [0.2, 0.25) is 0 Å². The Morgan fingerprint density at radius 2 is 1.95 bits per heavy atom. The van der Waals surface area contributed by atoms with Gasteiger partial charge in [-0.3, -0.25) is 0 Å². The van der Waals surface area contributed by atoms with E-state index in [2.05, 4.69) is 61.3 Å². The molecule has 1 aromatic carbocycles. The largest absolute Gasteiger partial charge is 0.316 e. The predicted molar refractivity (Wildman–Crippen MR) is 91.8 cm³/mol. The van der Waals surface area contributed by atoms with Crippen LogP contribution in [0.15, 0.2) is 30.3 Å². The molecule has 1 aromatic rings. The van der Waals surface area contributed by atoms with Crippen LogP contribution in [0.1, 0.15) is 51.5 Å². The molecule has 0 radical (unpaired) electrons. The van der Waals surface area contributed by atoms with Crippen LogP contribution in [-0.4, -0.2) is 37.1 Å². The fraction of sp³-hybridized carbons (Fsp3) is 0.684. The number of rotatable bonds is 7. The van der Waals surface area contributed by atoms with Crippen molar-refractivity contribution in [3.05, 3.63) is 35.9 Å². The summed E-state index contributed by atoms with van der Waals surface area (Å²) in [5.41, 5.74) is 1.47. The van der Waals surface area contributed by atoms with E-state index in [0.29, 0.717) is 12.0 Å². The lowest BCUT2D eigenvalue weighted by atomic mass is 9.96. The van der Waals surface area contributed by atoms with Gasteiger partial charge in [0.1, 0.15) is 0 Å². The Morgan fingerprint density at radius 3 is 2.57 bits per heavy atom. The molecule has 2 nitrogen and oxygen atoms in total. The molecule has 0 aromatic heterocycles. The number of nitrogens with zero attached hydrogens (tertiary/aromatic N) is 1. The van der Waals surface area contributed by atoms with E-state index in [9.17, 15) is 0 Å². The Kier molecular flexibility index (Phi) is 6.72. The van der Waals surface area contributed by atoms with Crippen molar-refractivity contribution in [1.29, 1.82) is 0 Å². The van der Waals surface area contributed by atoms with Crippen molar-refractivity contribution < 1.29 is 0 Å². The molecule has 0 bridgehead atoms. The van der Waals surface area contributed by atoms with Crippen molar-refractivity contribution in [1.82, 2.24) is 10.2 Å². The van der Waals surface area contributed by atoms with Crippen molar-refractivity contribution in [3.8, 4) is 0 Å². The summed E-state index contributed by atoms with van der Waals surface area (Å²) < 4.78 is 0. The van der Waals surface area contributed by atoms with E-state index in [0.717, 1.165) is 5.92 Å². The lowest BCUT2D eigenvalue weighted by Crippen LogP contribution is -2.41. The van der Waals surface area contributed by atoms with Gasteiger partial charge >= 0.3 is 0 Å². The molecule has 0 saturated carbocycles. The van der Waals surface area contributed by atoms with E-state index >= 15 is 0 Å². The quantitative estimate of drug-likeness (QED) is 0.819. The normalized spacial score (nSPS) is 20.9. The first-order chi connectivity index (χ1) is 10.2. The molecule has 1 aliphatic rings. The minimum absolute atomic E-state index is 0.648.